The van der Waals surface area contributed by atoms with E-state index >= 15 is 0 Å². The summed E-state index contributed by atoms with van der Waals surface area (Å²) in [5, 5.41) is 13.0. The minimum atomic E-state index is -0.583. The number of benzene rings is 2. The first kappa shape index (κ1) is 18.0. The lowest BCUT2D eigenvalue weighted by molar-refractivity contribution is 0.196. The van der Waals surface area contributed by atoms with Crippen molar-refractivity contribution in [2.75, 3.05) is 11.6 Å². The number of furan rings is 1. The van der Waals surface area contributed by atoms with Gasteiger partial charge in [0.1, 0.15) is 5.76 Å². The highest BCUT2D eigenvalue weighted by Gasteiger charge is 2.28. The number of anilines is 1. The van der Waals surface area contributed by atoms with E-state index in [1.54, 1.807) is 0 Å². The van der Waals surface area contributed by atoms with Crippen molar-refractivity contribution >= 4 is 29.1 Å². The molecule has 0 saturated carbocycles. The van der Waals surface area contributed by atoms with Crippen LogP contribution in [0.1, 0.15) is 12.0 Å². The van der Waals surface area contributed by atoms with E-state index in [0.29, 0.717) is 33.3 Å². The van der Waals surface area contributed by atoms with Crippen LogP contribution in [0.15, 0.2) is 70.2 Å². The molecule has 1 N–H and O–H groups in total. The van der Waals surface area contributed by atoms with E-state index in [-0.39, 0.29) is 0 Å². The summed E-state index contributed by atoms with van der Waals surface area (Å²) in [6, 6.07) is 19.1. The van der Waals surface area contributed by atoms with Gasteiger partial charge in [-0.2, -0.15) is 4.98 Å². The van der Waals surface area contributed by atoms with Crippen LogP contribution in [0.2, 0.25) is 5.02 Å². The van der Waals surface area contributed by atoms with Crippen molar-refractivity contribution in [1.29, 1.82) is 0 Å². The van der Waals surface area contributed by atoms with Crippen LogP contribution in [0.25, 0.3) is 22.6 Å². The summed E-state index contributed by atoms with van der Waals surface area (Å²) in [5.41, 5.74) is 3.14. The molecule has 0 radical (unpaired) electrons. The molecule has 5 rings (SSSR count). The molecule has 1 aliphatic heterocycles. The number of hydrogen-bond donors (Lipinski definition) is 1. The van der Waals surface area contributed by atoms with Crippen LogP contribution in [-0.2, 0) is 0 Å². The third kappa shape index (κ3) is 3.32. The molecular formula is C21H15ClN4O2S. The van der Waals surface area contributed by atoms with Gasteiger partial charge in [0.15, 0.2) is 11.5 Å². The molecule has 29 heavy (non-hydrogen) atoms. The smallest absolute Gasteiger partial charge is 0.247 e. The quantitative estimate of drug-likeness (QED) is 0.426. The number of para-hydroxylation sites is 1. The second-order valence-electron chi connectivity index (χ2n) is 6.32. The van der Waals surface area contributed by atoms with Gasteiger partial charge in [0.2, 0.25) is 17.3 Å². The summed E-state index contributed by atoms with van der Waals surface area (Å²) in [4.78, 5) is 4.51. The van der Waals surface area contributed by atoms with Crippen LogP contribution < -0.4 is 10.1 Å². The van der Waals surface area contributed by atoms with Gasteiger partial charge < -0.3 is 14.5 Å². The normalized spacial score (nSPS) is 14.9. The maximum atomic E-state index is 6.31. The Labute approximate surface area is 176 Å². The highest BCUT2D eigenvalue weighted by Crippen LogP contribution is 2.40. The van der Waals surface area contributed by atoms with E-state index in [0.717, 1.165) is 16.8 Å². The van der Waals surface area contributed by atoms with Gasteiger partial charge >= 0.3 is 0 Å². The minimum Gasteiger partial charge on any atom is -0.455 e. The summed E-state index contributed by atoms with van der Waals surface area (Å²) in [5.74, 6) is 1.67. The average Bonchev–Trinajstić information content (AvgIpc) is 3.17. The van der Waals surface area contributed by atoms with Gasteiger partial charge in [0, 0.05) is 16.8 Å². The Morgan fingerprint density at radius 3 is 2.59 bits per heavy atom. The van der Waals surface area contributed by atoms with Gasteiger partial charge in [0.05, 0.1) is 5.02 Å². The molecule has 1 atom stereocenters. The lowest BCUT2D eigenvalue weighted by Gasteiger charge is -2.16. The topological polar surface area (TPSA) is 73.1 Å². The first-order valence-corrected chi connectivity index (χ1v) is 10.5. The molecular weight excluding hydrogens is 408 g/mol. The molecule has 0 amide bonds. The van der Waals surface area contributed by atoms with Gasteiger partial charge in [-0.15, -0.1) is 10.2 Å². The number of ether oxygens (including phenoxy) is 1. The Bertz CT molecular complexity index is 1200. The van der Waals surface area contributed by atoms with E-state index in [2.05, 4.69) is 20.5 Å². The lowest BCUT2D eigenvalue weighted by Crippen LogP contribution is -2.16. The summed E-state index contributed by atoms with van der Waals surface area (Å²) in [7, 11) is 0. The number of thioether (sulfide) groups is 1. The first-order chi connectivity index (χ1) is 14.2. The van der Waals surface area contributed by atoms with Crippen molar-refractivity contribution in [2.45, 2.75) is 11.4 Å². The summed E-state index contributed by atoms with van der Waals surface area (Å²) < 4.78 is 12.3. The number of rotatable bonds is 3. The number of nitrogens with zero attached hydrogens (tertiary/aromatic N) is 3. The maximum Gasteiger partial charge on any atom is 0.247 e. The Kier molecular flexibility index (Phi) is 4.61. The van der Waals surface area contributed by atoms with Crippen LogP contribution in [0, 0.1) is 0 Å². The molecule has 4 aromatic rings. The average molecular weight is 423 g/mol. The van der Waals surface area contributed by atoms with Gasteiger partial charge in [0.25, 0.3) is 0 Å². The maximum absolute atomic E-state index is 6.31. The van der Waals surface area contributed by atoms with Crippen molar-refractivity contribution in [3.63, 3.8) is 0 Å². The van der Waals surface area contributed by atoms with Crippen LogP contribution in [-0.4, -0.2) is 21.4 Å². The van der Waals surface area contributed by atoms with Crippen molar-refractivity contribution < 1.29 is 9.15 Å². The molecule has 1 aliphatic rings. The molecule has 6 nitrogen and oxygen atoms in total. The van der Waals surface area contributed by atoms with Gasteiger partial charge in [-0.3, -0.25) is 0 Å². The molecule has 0 fully saturated rings. The predicted octanol–water partition coefficient (Wildman–Crippen LogP) is 5.68. The zero-order chi connectivity index (χ0) is 19.8. The Morgan fingerprint density at radius 1 is 0.966 bits per heavy atom. The predicted molar refractivity (Wildman–Crippen MR) is 113 cm³/mol. The molecule has 0 saturated heterocycles. The molecule has 3 heterocycles. The van der Waals surface area contributed by atoms with Crippen LogP contribution >= 0.6 is 23.4 Å². The van der Waals surface area contributed by atoms with E-state index in [1.165, 1.54) is 11.8 Å². The van der Waals surface area contributed by atoms with Crippen LogP contribution in [0.3, 0.4) is 0 Å². The van der Waals surface area contributed by atoms with Crippen LogP contribution in [0.4, 0.5) is 5.69 Å². The second-order valence-corrected chi connectivity index (χ2v) is 7.50. The largest absolute Gasteiger partial charge is 0.455 e. The van der Waals surface area contributed by atoms with E-state index in [9.17, 15) is 0 Å². The van der Waals surface area contributed by atoms with Crippen molar-refractivity contribution in [3.05, 3.63) is 71.4 Å². The van der Waals surface area contributed by atoms with Gasteiger partial charge in [-0.25, -0.2) is 0 Å². The van der Waals surface area contributed by atoms with Gasteiger partial charge in [-0.1, -0.05) is 53.7 Å². The molecule has 8 heteroatoms. The Balaban J connectivity index is 1.58. The molecule has 0 aliphatic carbocycles. The van der Waals surface area contributed by atoms with Gasteiger partial charge in [-0.05, 0) is 36.6 Å². The molecule has 0 bridgehead atoms. The second kappa shape index (κ2) is 7.42. The van der Waals surface area contributed by atoms with E-state index in [4.69, 9.17) is 20.8 Å². The monoisotopic (exact) mass is 422 g/mol. The van der Waals surface area contributed by atoms with Crippen molar-refractivity contribution in [3.8, 4) is 28.5 Å². The fourth-order valence-corrected chi connectivity index (χ4v) is 3.69. The third-order valence-corrected chi connectivity index (χ3v) is 5.41. The Hall–Kier alpha value is -3.03. The van der Waals surface area contributed by atoms with E-state index in [1.807, 2.05) is 66.9 Å². The highest BCUT2D eigenvalue weighted by atomic mass is 35.5. The molecule has 2 aromatic carbocycles. The Morgan fingerprint density at radius 2 is 1.76 bits per heavy atom. The number of nitrogens with one attached hydrogen (secondary N) is 1. The van der Waals surface area contributed by atoms with E-state index < -0.39 is 6.23 Å². The number of hydrogen-bond acceptors (Lipinski definition) is 7. The minimum absolute atomic E-state index is 0.405. The van der Waals surface area contributed by atoms with Crippen LogP contribution in [0.5, 0.6) is 5.88 Å². The highest BCUT2D eigenvalue weighted by molar-refractivity contribution is 7.98. The van der Waals surface area contributed by atoms with Crippen molar-refractivity contribution in [1.82, 2.24) is 15.2 Å². The number of halogens is 1. The molecule has 0 unspecified atom stereocenters. The SMILES string of the molecule is CSc1nnc2c(n1)O[C@@H](c1ccc(-c3ccccc3Cl)o1)Nc1ccccc1-2. The summed E-state index contributed by atoms with van der Waals surface area (Å²) >= 11 is 7.72. The molecule has 144 valence electrons. The molecule has 2 aromatic heterocycles. The standard InChI is InChI=1S/C21H15ClN4O2S/c1-29-21-24-20-18(25-26-21)13-7-3-5-9-15(13)23-19(28-20)17-11-10-16(27-17)12-6-2-4-8-14(12)22/h2-11,19,23H,1H3/t19-/m0/s1. The number of fused-ring (bicyclic) bond motifs is 3. The third-order valence-electron chi connectivity index (χ3n) is 4.54. The lowest BCUT2D eigenvalue weighted by atomic mass is 10.1. The fraction of sp³-hybridized carbons (Fsp3) is 0.0952. The first-order valence-electron chi connectivity index (χ1n) is 8.89. The fourth-order valence-electron chi connectivity index (χ4n) is 3.16. The summed E-state index contributed by atoms with van der Waals surface area (Å²) in [6.07, 6.45) is 1.31. The number of aromatic nitrogens is 3. The zero-order valence-electron chi connectivity index (χ0n) is 15.3. The summed E-state index contributed by atoms with van der Waals surface area (Å²) in [6.45, 7) is 0. The zero-order valence-corrected chi connectivity index (χ0v) is 16.9. The van der Waals surface area contributed by atoms with Crippen molar-refractivity contribution in [2.24, 2.45) is 0 Å². The molecule has 0 spiro atoms.